The van der Waals surface area contributed by atoms with Gasteiger partial charge in [0.1, 0.15) is 6.54 Å². The Morgan fingerprint density at radius 3 is 3.05 bits per heavy atom. The number of aliphatic hydroxyl groups excluding tert-OH is 1. The Labute approximate surface area is 114 Å². The minimum absolute atomic E-state index is 0.0764. The predicted octanol–water partition coefficient (Wildman–Crippen LogP) is -0.970. The van der Waals surface area contributed by atoms with Crippen LogP contribution < -0.4 is 11.1 Å². The molecular formula is C12H14N6O2. The number of rotatable bonds is 3. The minimum Gasteiger partial charge on any atom is -0.390 e. The number of hydrogen-bond donors (Lipinski definition) is 3. The lowest BCUT2D eigenvalue weighted by Gasteiger charge is -2.17. The van der Waals surface area contributed by atoms with Crippen molar-refractivity contribution in [1.29, 1.82) is 0 Å². The van der Waals surface area contributed by atoms with Crippen LogP contribution in [0, 0.1) is 0 Å². The van der Waals surface area contributed by atoms with Crippen molar-refractivity contribution in [1.82, 2.24) is 25.5 Å². The lowest BCUT2D eigenvalue weighted by Crippen LogP contribution is -2.36. The average Bonchev–Trinajstić information content (AvgIpc) is 2.95. The molecule has 0 unspecified atom stereocenters. The van der Waals surface area contributed by atoms with Gasteiger partial charge in [0.25, 0.3) is 0 Å². The number of aliphatic hydroxyl groups is 1. The third-order valence-electron chi connectivity index (χ3n) is 3.37. The Morgan fingerprint density at radius 1 is 1.50 bits per heavy atom. The first-order chi connectivity index (χ1) is 9.65. The molecule has 0 saturated carbocycles. The molecule has 4 N–H and O–H groups in total. The van der Waals surface area contributed by atoms with Gasteiger partial charge < -0.3 is 16.2 Å². The Kier molecular flexibility index (Phi) is 3.07. The smallest absolute Gasteiger partial charge is 0.242 e. The SMILES string of the molecule is Nc1nnnn1CC(=O)N[C@@H]1c2ccccc2C[C@H]1O. The fourth-order valence-electron chi connectivity index (χ4n) is 2.43. The highest BCUT2D eigenvalue weighted by atomic mass is 16.3. The van der Waals surface area contributed by atoms with E-state index in [1.807, 2.05) is 24.3 Å². The number of anilines is 1. The Bertz CT molecular complexity index is 640. The largest absolute Gasteiger partial charge is 0.390 e. The molecule has 1 aliphatic rings. The van der Waals surface area contributed by atoms with Crippen LogP contribution in [0.5, 0.6) is 0 Å². The molecule has 8 nitrogen and oxygen atoms in total. The number of carbonyl (C=O) groups is 1. The van der Waals surface area contributed by atoms with E-state index in [9.17, 15) is 9.90 Å². The van der Waals surface area contributed by atoms with Crippen molar-refractivity contribution in [3.05, 3.63) is 35.4 Å². The summed E-state index contributed by atoms with van der Waals surface area (Å²) in [7, 11) is 0. The van der Waals surface area contributed by atoms with E-state index >= 15 is 0 Å². The number of aromatic nitrogens is 4. The molecule has 1 heterocycles. The van der Waals surface area contributed by atoms with Crippen LogP contribution in [-0.2, 0) is 17.8 Å². The Morgan fingerprint density at radius 2 is 2.30 bits per heavy atom. The van der Waals surface area contributed by atoms with Crippen LogP contribution in [0.25, 0.3) is 0 Å². The van der Waals surface area contributed by atoms with Crippen molar-refractivity contribution in [2.45, 2.75) is 25.1 Å². The number of nitrogens with zero attached hydrogens (tertiary/aromatic N) is 4. The number of tetrazole rings is 1. The highest BCUT2D eigenvalue weighted by Crippen LogP contribution is 2.31. The van der Waals surface area contributed by atoms with E-state index in [4.69, 9.17) is 5.73 Å². The predicted molar refractivity (Wildman–Crippen MR) is 69.3 cm³/mol. The molecule has 0 aliphatic heterocycles. The third kappa shape index (κ3) is 2.21. The molecule has 104 valence electrons. The quantitative estimate of drug-likeness (QED) is 0.662. The van der Waals surface area contributed by atoms with Crippen molar-refractivity contribution in [3.8, 4) is 0 Å². The van der Waals surface area contributed by atoms with Crippen molar-refractivity contribution in [2.24, 2.45) is 0 Å². The van der Waals surface area contributed by atoms with E-state index in [0.29, 0.717) is 6.42 Å². The summed E-state index contributed by atoms with van der Waals surface area (Å²) in [5.74, 6) is -0.225. The van der Waals surface area contributed by atoms with Gasteiger partial charge >= 0.3 is 0 Å². The van der Waals surface area contributed by atoms with Crippen LogP contribution in [0.2, 0.25) is 0 Å². The third-order valence-corrected chi connectivity index (χ3v) is 3.37. The van der Waals surface area contributed by atoms with Crippen molar-refractivity contribution in [3.63, 3.8) is 0 Å². The summed E-state index contributed by atoms with van der Waals surface area (Å²) in [5, 5.41) is 23.3. The molecule has 0 radical (unpaired) electrons. The second-order valence-corrected chi connectivity index (χ2v) is 4.71. The second kappa shape index (κ2) is 4.89. The van der Waals surface area contributed by atoms with Crippen LogP contribution in [0.15, 0.2) is 24.3 Å². The van der Waals surface area contributed by atoms with Crippen molar-refractivity contribution in [2.75, 3.05) is 5.73 Å². The van der Waals surface area contributed by atoms with Gasteiger partial charge in [0, 0.05) is 6.42 Å². The number of fused-ring (bicyclic) bond motifs is 1. The van der Waals surface area contributed by atoms with Gasteiger partial charge in [0.15, 0.2) is 0 Å². The molecule has 3 rings (SSSR count). The van der Waals surface area contributed by atoms with Crippen LogP contribution >= 0.6 is 0 Å². The number of benzene rings is 1. The summed E-state index contributed by atoms with van der Waals surface area (Å²) in [6.07, 6.45) is -0.0868. The summed E-state index contributed by atoms with van der Waals surface area (Å²) in [6.45, 7) is -0.0791. The molecule has 1 aromatic heterocycles. The summed E-state index contributed by atoms with van der Waals surface area (Å²) >= 11 is 0. The molecule has 8 heteroatoms. The van der Waals surface area contributed by atoms with Gasteiger partial charge in [-0.15, -0.1) is 0 Å². The summed E-state index contributed by atoms with van der Waals surface area (Å²) in [4.78, 5) is 12.0. The molecule has 0 spiro atoms. The van der Waals surface area contributed by atoms with E-state index in [1.54, 1.807) is 0 Å². The molecule has 0 fully saturated rings. The number of carbonyl (C=O) groups excluding carboxylic acids is 1. The molecule has 20 heavy (non-hydrogen) atoms. The normalized spacial score (nSPS) is 20.6. The highest BCUT2D eigenvalue weighted by Gasteiger charge is 2.31. The Balaban J connectivity index is 1.72. The van der Waals surface area contributed by atoms with E-state index in [2.05, 4.69) is 20.8 Å². The molecule has 2 atom stereocenters. The van der Waals surface area contributed by atoms with E-state index < -0.39 is 12.1 Å². The first kappa shape index (κ1) is 12.5. The van der Waals surface area contributed by atoms with Gasteiger partial charge in [-0.25, -0.2) is 4.68 Å². The molecular weight excluding hydrogens is 260 g/mol. The lowest BCUT2D eigenvalue weighted by molar-refractivity contribution is -0.123. The average molecular weight is 274 g/mol. The summed E-state index contributed by atoms with van der Waals surface area (Å²) in [5.41, 5.74) is 7.49. The number of nitrogens with two attached hydrogens (primary N) is 1. The van der Waals surface area contributed by atoms with Crippen molar-refractivity contribution >= 4 is 11.9 Å². The van der Waals surface area contributed by atoms with Gasteiger partial charge in [0.2, 0.25) is 11.9 Å². The van der Waals surface area contributed by atoms with E-state index in [0.717, 1.165) is 11.1 Å². The fraction of sp³-hybridized carbons (Fsp3) is 0.333. The number of hydrogen-bond acceptors (Lipinski definition) is 6. The van der Waals surface area contributed by atoms with Gasteiger partial charge in [0.05, 0.1) is 12.1 Å². The molecule has 2 aromatic rings. The number of amides is 1. The second-order valence-electron chi connectivity index (χ2n) is 4.71. The standard InChI is InChI=1S/C12H14N6O2/c13-12-15-16-17-18(12)6-10(20)14-11-8-4-2-1-3-7(8)5-9(11)19/h1-4,9,11,19H,5-6H2,(H,14,20)(H2,13,15,17)/t9-,11-/m1/s1. The van der Waals surface area contributed by atoms with Crippen molar-refractivity contribution < 1.29 is 9.90 Å². The first-order valence-corrected chi connectivity index (χ1v) is 6.22. The first-order valence-electron chi connectivity index (χ1n) is 6.22. The van der Waals surface area contributed by atoms with Crippen LogP contribution in [0.4, 0.5) is 5.95 Å². The number of nitrogen functional groups attached to an aromatic ring is 1. The van der Waals surface area contributed by atoms with Gasteiger partial charge in [-0.3, -0.25) is 4.79 Å². The fourth-order valence-corrected chi connectivity index (χ4v) is 2.43. The van der Waals surface area contributed by atoms with Crippen LogP contribution in [-0.4, -0.2) is 37.3 Å². The van der Waals surface area contributed by atoms with Crippen LogP contribution in [0.3, 0.4) is 0 Å². The molecule has 1 aromatic carbocycles. The molecule has 1 amide bonds. The lowest BCUT2D eigenvalue weighted by atomic mass is 10.1. The topological polar surface area (TPSA) is 119 Å². The maximum absolute atomic E-state index is 12.0. The van der Waals surface area contributed by atoms with E-state index in [1.165, 1.54) is 4.68 Å². The zero-order chi connectivity index (χ0) is 14.1. The van der Waals surface area contributed by atoms with E-state index in [-0.39, 0.29) is 18.4 Å². The zero-order valence-corrected chi connectivity index (χ0v) is 10.6. The van der Waals surface area contributed by atoms with Crippen LogP contribution in [0.1, 0.15) is 17.2 Å². The summed E-state index contributed by atoms with van der Waals surface area (Å²) < 4.78 is 1.20. The number of nitrogens with one attached hydrogen (secondary N) is 1. The monoisotopic (exact) mass is 274 g/mol. The maximum atomic E-state index is 12.0. The summed E-state index contributed by atoms with van der Waals surface area (Å²) in [6, 6.07) is 7.25. The molecule has 1 aliphatic carbocycles. The highest BCUT2D eigenvalue weighted by molar-refractivity contribution is 5.76. The zero-order valence-electron chi connectivity index (χ0n) is 10.6. The molecule has 0 bridgehead atoms. The maximum Gasteiger partial charge on any atom is 0.242 e. The van der Waals surface area contributed by atoms with Gasteiger partial charge in [-0.2, -0.15) is 0 Å². The molecule has 0 saturated heterocycles. The van der Waals surface area contributed by atoms with Gasteiger partial charge in [-0.05, 0) is 21.6 Å². The minimum atomic E-state index is -0.623. The van der Waals surface area contributed by atoms with Gasteiger partial charge in [-0.1, -0.05) is 29.4 Å². The Hall–Kier alpha value is -2.48.